The van der Waals surface area contributed by atoms with Crippen LogP contribution < -0.4 is 15.9 Å². The molecule has 0 fully saturated rings. The molecule has 3 aromatic rings. The fourth-order valence-corrected chi connectivity index (χ4v) is 2.19. The van der Waals surface area contributed by atoms with E-state index in [-0.39, 0.29) is 28.0 Å². The van der Waals surface area contributed by atoms with Gasteiger partial charge in [-0.3, -0.25) is 4.79 Å². The van der Waals surface area contributed by atoms with Crippen molar-refractivity contribution in [3.05, 3.63) is 58.8 Å². The van der Waals surface area contributed by atoms with Crippen LogP contribution in [0.3, 0.4) is 0 Å². The van der Waals surface area contributed by atoms with Gasteiger partial charge in [0.2, 0.25) is 0 Å². The molecule has 0 saturated carbocycles. The van der Waals surface area contributed by atoms with Crippen LogP contribution in [0.2, 0.25) is 0 Å². The van der Waals surface area contributed by atoms with E-state index in [0.29, 0.717) is 5.39 Å². The van der Waals surface area contributed by atoms with Crippen LogP contribution in [-0.4, -0.2) is 6.36 Å². The van der Waals surface area contributed by atoms with Crippen molar-refractivity contribution in [2.75, 3.05) is 5.73 Å². The number of hydrogen-bond donors (Lipinski definition) is 1. The topological polar surface area (TPSA) is 65.5 Å². The Bertz CT molecular complexity index is 932. The molecule has 0 aliphatic rings. The van der Waals surface area contributed by atoms with Crippen molar-refractivity contribution in [3.63, 3.8) is 0 Å². The van der Waals surface area contributed by atoms with Gasteiger partial charge in [0.15, 0.2) is 11.0 Å². The minimum atomic E-state index is -4.80. The van der Waals surface area contributed by atoms with E-state index >= 15 is 0 Å². The molecule has 0 radical (unpaired) electrons. The van der Waals surface area contributed by atoms with E-state index in [1.54, 1.807) is 18.2 Å². The van der Waals surface area contributed by atoms with Crippen LogP contribution in [0.15, 0.2) is 57.7 Å². The number of ether oxygens (including phenoxy) is 1. The van der Waals surface area contributed by atoms with Gasteiger partial charge in [0.25, 0.3) is 0 Å². The van der Waals surface area contributed by atoms with E-state index < -0.39 is 12.1 Å². The smallest absolute Gasteiger partial charge is 0.454 e. The van der Waals surface area contributed by atoms with Crippen LogP contribution in [0.1, 0.15) is 0 Å². The largest absolute Gasteiger partial charge is 0.573 e. The summed E-state index contributed by atoms with van der Waals surface area (Å²) < 4.78 is 46.3. The first-order chi connectivity index (χ1) is 10.8. The highest BCUT2D eigenvalue weighted by atomic mass is 19.4. The van der Waals surface area contributed by atoms with Crippen LogP contribution in [0.25, 0.3) is 22.3 Å². The van der Waals surface area contributed by atoms with Gasteiger partial charge in [-0.2, -0.15) is 0 Å². The van der Waals surface area contributed by atoms with Gasteiger partial charge in [-0.15, -0.1) is 13.2 Å². The lowest BCUT2D eigenvalue weighted by molar-refractivity contribution is -0.274. The molecule has 1 heterocycles. The molecular formula is C16H10F3NO3. The van der Waals surface area contributed by atoms with Gasteiger partial charge in [-0.1, -0.05) is 18.2 Å². The van der Waals surface area contributed by atoms with Crippen LogP contribution in [-0.2, 0) is 0 Å². The number of hydrogen-bond acceptors (Lipinski definition) is 4. The summed E-state index contributed by atoms with van der Waals surface area (Å²) >= 11 is 0. The Morgan fingerprint density at radius 2 is 1.78 bits per heavy atom. The number of benzene rings is 2. The lowest BCUT2D eigenvalue weighted by Gasteiger charge is -2.10. The lowest BCUT2D eigenvalue weighted by atomic mass is 10.1. The third-order valence-electron chi connectivity index (χ3n) is 3.14. The molecule has 2 N–H and O–H groups in total. The third kappa shape index (κ3) is 3.13. The predicted octanol–water partition coefficient (Wildman–Crippen LogP) is 3.94. The van der Waals surface area contributed by atoms with E-state index in [1.165, 1.54) is 18.2 Å². The maximum absolute atomic E-state index is 12.3. The van der Waals surface area contributed by atoms with Crippen molar-refractivity contribution < 1.29 is 22.3 Å². The van der Waals surface area contributed by atoms with Gasteiger partial charge >= 0.3 is 6.36 Å². The minimum absolute atomic E-state index is 0.105. The summed E-state index contributed by atoms with van der Waals surface area (Å²) in [6.07, 6.45) is -4.80. The molecule has 7 heteroatoms. The molecule has 0 amide bonds. The van der Waals surface area contributed by atoms with Crippen LogP contribution in [0.5, 0.6) is 5.75 Å². The maximum atomic E-state index is 12.3. The summed E-state index contributed by atoms with van der Waals surface area (Å²) in [5, 5.41) is 0.302. The van der Waals surface area contributed by atoms with Crippen LogP contribution in [0.4, 0.5) is 18.9 Å². The van der Waals surface area contributed by atoms with E-state index in [9.17, 15) is 18.0 Å². The number of nitrogen functional groups attached to an aromatic ring is 1. The minimum Gasteiger partial charge on any atom is -0.454 e. The molecule has 2 aromatic carbocycles. The zero-order valence-corrected chi connectivity index (χ0v) is 11.6. The summed E-state index contributed by atoms with van der Waals surface area (Å²) in [5.74, 6) is -0.299. The molecule has 0 spiro atoms. The Balaban J connectivity index is 2.12. The fraction of sp³-hybridized carbons (Fsp3) is 0.0625. The number of alkyl halides is 3. The molecule has 0 bridgehead atoms. The van der Waals surface area contributed by atoms with E-state index in [1.807, 2.05) is 0 Å². The Morgan fingerprint density at radius 3 is 2.52 bits per heavy atom. The summed E-state index contributed by atoms with van der Waals surface area (Å²) in [5.41, 5.74) is 6.17. The second-order valence-corrected chi connectivity index (χ2v) is 4.77. The second-order valence-electron chi connectivity index (χ2n) is 4.77. The quantitative estimate of drug-likeness (QED) is 0.726. The third-order valence-corrected chi connectivity index (χ3v) is 3.14. The normalized spacial score (nSPS) is 11.6. The number of para-hydroxylation sites is 1. The van der Waals surface area contributed by atoms with Crippen molar-refractivity contribution in [3.8, 4) is 17.1 Å². The maximum Gasteiger partial charge on any atom is 0.573 e. The van der Waals surface area contributed by atoms with Gasteiger partial charge in [-0.25, -0.2) is 0 Å². The van der Waals surface area contributed by atoms with Gasteiger partial charge in [0.1, 0.15) is 11.5 Å². The second kappa shape index (κ2) is 5.35. The number of nitrogens with two attached hydrogens (primary N) is 1. The average molecular weight is 321 g/mol. The Hall–Kier alpha value is -2.96. The molecule has 23 heavy (non-hydrogen) atoms. The monoisotopic (exact) mass is 321 g/mol. The predicted molar refractivity (Wildman–Crippen MR) is 79.0 cm³/mol. The number of rotatable bonds is 2. The van der Waals surface area contributed by atoms with Crippen molar-refractivity contribution >= 4 is 16.7 Å². The summed E-state index contributed by atoms with van der Waals surface area (Å²) in [7, 11) is 0. The molecule has 118 valence electrons. The zero-order chi connectivity index (χ0) is 16.6. The highest BCUT2D eigenvalue weighted by molar-refractivity contribution is 5.88. The summed E-state index contributed by atoms with van der Waals surface area (Å²) in [6.45, 7) is 0. The van der Waals surface area contributed by atoms with Gasteiger partial charge in [-0.05, 0) is 24.3 Å². The van der Waals surface area contributed by atoms with Gasteiger partial charge in [0, 0.05) is 11.6 Å². The van der Waals surface area contributed by atoms with Crippen molar-refractivity contribution in [1.82, 2.24) is 0 Å². The number of anilines is 1. The Kier molecular flexibility index (Phi) is 3.48. The first kappa shape index (κ1) is 15.0. The Labute approximate surface area is 127 Å². The average Bonchev–Trinajstić information content (AvgIpc) is 2.47. The van der Waals surface area contributed by atoms with Gasteiger partial charge in [0.05, 0.1) is 11.1 Å². The Morgan fingerprint density at radius 1 is 1.04 bits per heavy atom. The molecule has 0 atom stereocenters. The number of halogens is 3. The number of fused-ring (bicyclic) bond motifs is 1. The van der Waals surface area contributed by atoms with Crippen molar-refractivity contribution in [2.45, 2.75) is 6.36 Å². The molecule has 0 saturated heterocycles. The fourth-order valence-electron chi connectivity index (χ4n) is 2.19. The SMILES string of the molecule is Nc1cccc2c(=O)cc(-c3cccc(OC(F)(F)F)c3)oc12. The lowest BCUT2D eigenvalue weighted by Crippen LogP contribution is -2.17. The zero-order valence-electron chi connectivity index (χ0n) is 11.6. The summed E-state index contributed by atoms with van der Waals surface area (Å²) in [4.78, 5) is 12.1. The van der Waals surface area contributed by atoms with Gasteiger partial charge < -0.3 is 14.9 Å². The van der Waals surface area contributed by atoms with E-state index in [4.69, 9.17) is 10.2 Å². The molecule has 3 rings (SSSR count). The first-order valence-corrected chi connectivity index (χ1v) is 6.52. The highest BCUT2D eigenvalue weighted by Gasteiger charge is 2.31. The summed E-state index contributed by atoms with van der Waals surface area (Å²) in [6, 6.07) is 11.1. The highest BCUT2D eigenvalue weighted by Crippen LogP contribution is 2.29. The molecule has 1 aromatic heterocycles. The molecular weight excluding hydrogens is 311 g/mol. The standard InChI is InChI=1S/C16H10F3NO3/c17-16(18,19)23-10-4-1-3-9(7-10)14-8-13(21)11-5-2-6-12(20)15(11)22-14/h1-8H,20H2. The first-order valence-electron chi connectivity index (χ1n) is 6.52. The van der Waals surface area contributed by atoms with E-state index in [0.717, 1.165) is 12.1 Å². The van der Waals surface area contributed by atoms with Crippen LogP contribution in [0, 0.1) is 0 Å². The molecule has 0 aliphatic heterocycles. The molecule has 0 aliphatic carbocycles. The van der Waals surface area contributed by atoms with E-state index in [2.05, 4.69) is 4.74 Å². The molecule has 4 nitrogen and oxygen atoms in total. The van der Waals surface area contributed by atoms with Crippen molar-refractivity contribution in [2.24, 2.45) is 0 Å². The van der Waals surface area contributed by atoms with Crippen molar-refractivity contribution in [1.29, 1.82) is 0 Å². The molecule has 0 unspecified atom stereocenters. The van der Waals surface area contributed by atoms with Crippen LogP contribution >= 0.6 is 0 Å².